The van der Waals surface area contributed by atoms with E-state index in [9.17, 15) is 4.79 Å². The summed E-state index contributed by atoms with van der Waals surface area (Å²) in [5.74, 6) is 0.0888. The Kier molecular flexibility index (Phi) is 4.35. The van der Waals surface area contributed by atoms with E-state index in [0.717, 1.165) is 38.0 Å². The molecule has 0 aliphatic carbocycles. The molecular formula is C13H18BrN3O. The fourth-order valence-corrected chi connectivity index (χ4v) is 2.71. The van der Waals surface area contributed by atoms with E-state index in [1.54, 1.807) is 6.20 Å². The molecule has 1 saturated heterocycles. The Labute approximate surface area is 116 Å². The maximum atomic E-state index is 12.5. The van der Waals surface area contributed by atoms with Gasteiger partial charge in [0.05, 0.1) is 11.1 Å². The summed E-state index contributed by atoms with van der Waals surface area (Å²) in [6, 6.07) is 3.67. The molecule has 1 aliphatic heterocycles. The molecule has 1 aromatic heterocycles. The molecule has 2 N–H and O–H groups in total. The Bertz CT molecular complexity index is 430. The van der Waals surface area contributed by atoms with E-state index < -0.39 is 0 Å². The molecule has 98 valence electrons. The number of carbonyl (C=O) groups is 1. The number of anilines is 1. The number of hydrogen-bond acceptors (Lipinski definition) is 3. The second-order valence-corrected chi connectivity index (χ2v) is 5.46. The summed E-state index contributed by atoms with van der Waals surface area (Å²) in [5.41, 5.74) is 0.453. The first-order valence-corrected chi connectivity index (χ1v) is 7.10. The summed E-state index contributed by atoms with van der Waals surface area (Å²) >= 11 is 3.35. The van der Waals surface area contributed by atoms with E-state index in [1.807, 2.05) is 12.1 Å². The van der Waals surface area contributed by atoms with Crippen molar-refractivity contribution in [2.24, 2.45) is 5.41 Å². The third-order valence-electron chi connectivity index (χ3n) is 3.64. The largest absolute Gasteiger partial charge is 0.323 e. The molecule has 1 amide bonds. The minimum absolute atomic E-state index is 0.0888. The molecule has 1 fully saturated rings. The number of rotatable bonds is 3. The zero-order chi connectivity index (χ0) is 13.0. The fourth-order valence-electron chi connectivity index (χ4n) is 2.36. The maximum Gasteiger partial charge on any atom is 0.231 e. The first-order valence-electron chi connectivity index (χ1n) is 6.31. The van der Waals surface area contributed by atoms with Crippen LogP contribution >= 0.6 is 15.9 Å². The van der Waals surface area contributed by atoms with Gasteiger partial charge in [0.2, 0.25) is 5.91 Å². The second kappa shape index (κ2) is 5.80. The van der Waals surface area contributed by atoms with Crippen LogP contribution < -0.4 is 10.6 Å². The second-order valence-electron chi connectivity index (χ2n) is 4.71. The standard InChI is InChI=1S/C13H18BrN3O/c1-2-13(6-4-7-15-9-13)12(18)17-10-5-3-8-16-11(10)14/h3,5,8,15H,2,4,6-7,9H2,1H3,(H,17,18). The van der Waals surface area contributed by atoms with Crippen LogP contribution in [0, 0.1) is 5.41 Å². The van der Waals surface area contributed by atoms with E-state index in [2.05, 4.69) is 38.5 Å². The van der Waals surface area contributed by atoms with Gasteiger partial charge in [-0.3, -0.25) is 4.79 Å². The molecule has 0 saturated carbocycles. The summed E-state index contributed by atoms with van der Waals surface area (Å²) in [5, 5.41) is 6.30. The van der Waals surface area contributed by atoms with E-state index in [0.29, 0.717) is 4.60 Å². The van der Waals surface area contributed by atoms with Gasteiger partial charge < -0.3 is 10.6 Å². The molecule has 0 spiro atoms. The molecule has 2 heterocycles. The predicted molar refractivity (Wildman–Crippen MR) is 75.4 cm³/mol. The number of hydrogen-bond donors (Lipinski definition) is 2. The summed E-state index contributed by atoms with van der Waals surface area (Å²) in [6.45, 7) is 3.84. The van der Waals surface area contributed by atoms with Crippen molar-refractivity contribution in [3.63, 3.8) is 0 Å². The van der Waals surface area contributed by atoms with Crippen molar-refractivity contribution >= 4 is 27.5 Å². The third kappa shape index (κ3) is 2.72. The average Bonchev–Trinajstić information content (AvgIpc) is 2.42. The van der Waals surface area contributed by atoms with Crippen molar-refractivity contribution in [1.82, 2.24) is 10.3 Å². The molecular weight excluding hydrogens is 294 g/mol. The lowest BCUT2D eigenvalue weighted by molar-refractivity contribution is -0.126. The molecule has 5 heteroatoms. The van der Waals surface area contributed by atoms with Crippen LogP contribution in [0.1, 0.15) is 26.2 Å². The lowest BCUT2D eigenvalue weighted by atomic mass is 9.77. The van der Waals surface area contributed by atoms with Gasteiger partial charge in [0.15, 0.2) is 0 Å². The normalized spacial score (nSPS) is 23.7. The van der Waals surface area contributed by atoms with Gasteiger partial charge in [0.1, 0.15) is 4.60 Å². The number of piperidine rings is 1. The first kappa shape index (κ1) is 13.5. The van der Waals surface area contributed by atoms with Crippen molar-refractivity contribution in [3.8, 4) is 0 Å². The number of nitrogens with zero attached hydrogens (tertiary/aromatic N) is 1. The average molecular weight is 312 g/mol. The SMILES string of the molecule is CCC1(C(=O)Nc2cccnc2Br)CCCNC1. The molecule has 1 aromatic rings. The highest BCUT2D eigenvalue weighted by atomic mass is 79.9. The van der Waals surface area contributed by atoms with Crippen LogP contribution in [0.5, 0.6) is 0 Å². The lowest BCUT2D eigenvalue weighted by Crippen LogP contribution is -2.47. The minimum atomic E-state index is -0.284. The van der Waals surface area contributed by atoms with Gasteiger partial charge in [-0.15, -0.1) is 0 Å². The summed E-state index contributed by atoms with van der Waals surface area (Å²) < 4.78 is 0.674. The Morgan fingerprint density at radius 3 is 3.11 bits per heavy atom. The molecule has 1 unspecified atom stereocenters. The van der Waals surface area contributed by atoms with Gasteiger partial charge in [0.25, 0.3) is 0 Å². The summed E-state index contributed by atoms with van der Waals surface area (Å²) in [4.78, 5) is 16.6. The van der Waals surface area contributed by atoms with Gasteiger partial charge in [-0.05, 0) is 53.9 Å². The van der Waals surface area contributed by atoms with E-state index in [1.165, 1.54) is 0 Å². The van der Waals surface area contributed by atoms with Crippen molar-refractivity contribution in [2.75, 3.05) is 18.4 Å². The van der Waals surface area contributed by atoms with Crippen LogP contribution in [0.15, 0.2) is 22.9 Å². The highest BCUT2D eigenvalue weighted by molar-refractivity contribution is 9.10. The number of amides is 1. The number of pyridine rings is 1. The van der Waals surface area contributed by atoms with Crippen LogP contribution in [-0.2, 0) is 4.79 Å². The van der Waals surface area contributed by atoms with Crippen LogP contribution in [0.4, 0.5) is 5.69 Å². The molecule has 0 aromatic carbocycles. The van der Waals surface area contributed by atoms with E-state index in [4.69, 9.17) is 0 Å². The smallest absolute Gasteiger partial charge is 0.231 e. The Morgan fingerprint density at radius 2 is 2.50 bits per heavy atom. The number of nitrogens with one attached hydrogen (secondary N) is 2. The summed E-state index contributed by atoms with van der Waals surface area (Å²) in [6.07, 6.45) is 4.54. The fraction of sp³-hybridized carbons (Fsp3) is 0.538. The zero-order valence-corrected chi connectivity index (χ0v) is 12.1. The number of aromatic nitrogens is 1. The molecule has 2 rings (SSSR count). The van der Waals surface area contributed by atoms with Gasteiger partial charge in [-0.25, -0.2) is 4.98 Å². The summed E-state index contributed by atoms with van der Waals surface area (Å²) in [7, 11) is 0. The van der Waals surface area contributed by atoms with Crippen molar-refractivity contribution in [3.05, 3.63) is 22.9 Å². The number of carbonyl (C=O) groups excluding carboxylic acids is 1. The molecule has 18 heavy (non-hydrogen) atoms. The Balaban J connectivity index is 2.13. The van der Waals surface area contributed by atoms with Gasteiger partial charge in [0, 0.05) is 12.7 Å². The van der Waals surface area contributed by atoms with E-state index in [-0.39, 0.29) is 11.3 Å². The highest BCUT2D eigenvalue weighted by Crippen LogP contribution is 2.32. The Morgan fingerprint density at radius 1 is 1.67 bits per heavy atom. The maximum absolute atomic E-state index is 12.5. The quantitative estimate of drug-likeness (QED) is 0.844. The van der Waals surface area contributed by atoms with Crippen molar-refractivity contribution in [1.29, 1.82) is 0 Å². The van der Waals surface area contributed by atoms with Gasteiger partial charge >= 0.3 is 0 Å². The third-order valence-corrected chi connectivity index (χ3v) is 4.27. The molecule has 4 nitrogen and oxygen atoms in total. The first-order chi connectivity index (χ1) is 8.68. The van der Waals surface area contributed by atoms with Gasteiger partial charge in [-0.1, -0.05) is 6.92 Å². The van der Waals surface area contributed by atoms with Crippen LogP contribution in [0.25, 0.3) is 0 Å². The number of halogens is 1. The zero-order valence-electron chi connectivity index (χ0n) is 10.5. The van der Waals surface area contributed by atoms with Crippen molar-refractivity contribution in [2.45, 2.75) is 26.2 Å². The predicted octanol–water partition coefficient (Wildman–Crippen LogP) is 2.56. The lowest BCUT2D eigenvalue weighted by Gasteiger charge is -2.35. The van der Waals surface area contributed by atoms with E-state index >= 15 is 0 Å². The monoisotopic (exact) mass is 311 g/mol. The highest BCUT2D eigenvalue weighted by Gasteiger charge is 2.37. The van der Waals surface area contributed by atoms with Crippen LogP contribution in [0.3, 0.4) is 0 Å². The molecule has 0 radical (unpaired) electrons. The Hall–Kier alpha value is -0.940. The minimum Gasteiger partial charge on any atom is -0.323 e. The topological polar surface area (TPSA) is 54.0 Å². The van der Waals surface area contributed by atoms with Crippen LogP contribution in [-0.4, -0.2) is 24.0 Å². The van der Waals surface area contributed by atoms with Crippen LogP contribution in [0.2, 0.25) is 0 Å². The van der Waals surface area contributed by atoms with Gasteiger partial charge in [-0.2, -0.15) is 0 Å². The molecule has 0 bridgehead atoms. The molecule has 1 aliphatic rings. The van der Waals surface area contributed by atoms with Crippen molar-refractivity contribution < 1.29 is 4.79 Å². The molecule has 1 atom stereocenters.